The maximum Gasteiger partial charge on any atom is 0.234 e. The summed E-state index contributed by atoms with van der Waals surface area (Å²) in [5.41, 5.74) is 0.802. The molecule has 1 N–H and O–H groups in total. The fourth-order valence-corrected chi connectivity index (χ4v) is 2.58. The number of rotatable bonds is 4. The predicted octanol–water partition coefficient (Wildman–Crippen LogP) is 4.60. The average Bonchev–Trinajstić information content (AvgIpc) is 2.47. The molecule has 0 aromatic heterocycles. The van der Waals surface area contributed by atoms with Gasteiger partial charge in [0.1, 0.15) is 6.07 Å². The second-order valence-corrected chi connectivity index (χ2v) is 6.01. The summed E-state index contributed by atoms with van der Waals surface area (Å²) in [5, 5.41) is 12.8. The van der Waals surface area contributed by atoms with Crippen LogP contribution in [0.1, 0.15) is 5.56 Å². The SMILES string of the molecule is N#Cc1ccc(Cl)cc1NC(=O)CSc1ccc(Cl)cc1. The van der Waals surface area contributed by atoms with Gasteiger partial charge in [-0.15, -0.1) is 11.8 Å². The largest absolute Gasteiger partial charge is 0.324 e. The van der Waals surface area contributed by atoms with Gasteiger partial charge in [0.05, 0.1) is 17.0 Å². The molecule has 0 aliphatic rings. The summed E-state index contributed by atoms with van der Waals surface area (Å²) in [6.45, 7) is 0. The van der Waals surface area contributed by atoms with Crippen molar-refractivity contribution in [1.29, 1.82) is 5.26 Å². The van der Waals surface area contributed by atoms with E-state index in [1.165, 1.54) is 11.8 Å². The van der Waals surface area contributed by atoms with E-state index >= 15 is 0 Å². The van der Waals surface area contributed by atoms with Crippen molar-refractivity contribution >= 4 is 46.6 Å². The van der Waals surface area contributed by atoms with E-state index in [1.54, 1.807) is 30.3 Å². The molecular weight excluding hydrogens is 327 g/mol. The van der Waals surface area contributed by atoms with Crippen LogP contribution in [-0.2, 0) is 4.79 Å². The summed E-state index contributed by atoms with van der Waals surface area (Å²) in [6.07, 6.45) is 0. The van der Waals surface area contributed by atoms with Gasteiger partial charge in [0, 0.05) is 14.9 Å². The molecule has 2 aromatic carbocycles. The summed E-state index contributed by atoms with van der Waals surface area (Å²) in [6, 6.07) is 14.0. The van der Waals surface area contributed by atoms with Crippen molar-refractivity contribution in [2.45, 2.75) is 4.90 Å². The van der Waals surface area contributed by atoms with E-state index in [4.69, 9.17) is 28.5 Å². The number of thioether (sulfide) groups is 1. The van der Waals surface area contributed by atoms with Crippen molar-refractivity contribution in [2.75, 3.05) is 11.1 Å². The minimum atomic E-state index is -0.200. The van der Waals surface area contributed by atoms with E-state index in [1.807, 2.05) is 18.2 Å². The number of benzene rings is 2. The lowest BCUT2D eigenvalue weighted by Gasteiger charge is -2.07. The van der Waals surface area contributed by atoms with Crippen LogP contribution in [0, 0.1) is 11.3 Å². The van der Waals surface area contributed by atoms with Gasteiger partial charge < -0.3 is 5.32 Å². The Balaban J connectivity index is 1.97. The first-order valence-electron chi connectivity index (χ1n) is 5.96. The van der Waals surface area contributed by atoms with E-state index in [-0.39, 0.29) is 11.7 Å². The Labute approximate surface area is 136 Å². The standard InChI is InChI=1S/C15H10Cl2N2OS/c16-11-3-5-13(6-4-11)21-9-15(20)19-14-7-12(17)2-1-10(14)8-18/h1-7H,9H2,(H,19,20). The molecule has 0 heterocycles. The van der Waals surface area contributed by atoms with Gasteiger partial charge in [0.2, 0.25) is 5.91 Å². The maximum absolute atomic E-state index is 11.9. The Morgan fingerprint density at radius 1 is 1.14 bits per heavy atom. The molecule has 6 heteroatoms. The normalized spacial score (nSPS) is 9.95. The van der Waals surface area contributed by atoms with Crippen LogP contribution in [0.3, 0.4) is 0 Å². The first-order chi connectivity index (χ1) is 10.1. The molecule has 0 saturated carbocycles. The van der Waals surface area contributed by atoms with Crippen molar-refractivity contribution < 1.29 is 4.79 Å². The molecule has 0 atom stereocenters. The molecule has 0 aliphatic carbocycles. The zero-order valence-electron chi connectivity index (χ0n) is 10.8. The van der Waals surface area contributed by atoms with Crippen molar-refractivity contribution in [1.82, 2.24) is 0 Å². The molecule has 0 spiro atoms. The monoisotopic (exact) mass is 336 g/mol. The quantitative estimate of drug-likeness (QED) is 0.830. The van der Waals surface area contributed by atoms with Gasteiger partial charge in [0.15, 0.2) is 0 Å². The maximum atomic E-state index is 11.9. The topological polar surface area (TPSA) is 52.9 Å². The molecule has 0 unspecified atom stereocenters. The first kappa shape index (κ1) is 15.7. The number of nitrogens with one attached hydrogen (secondary N) is 1. The smallest absolute Gasteiger partial charge is 0.234 e. The minimum absolute atomic E-state index is 0.200. The molecule has 0 aliphatic heterocycles. The van der Waals surface area contributed by atoms with Crippen molar-refractivity contribution in [2.24, 2.45) is 0 Å². The van der Waals surface area contributed by atoms with Gasteiger partial charge in [-0.25, -0.2) is 0 Å². The number of hydrogen-bond donors (Lipinski definition) is 1. The van der Waals surface area contributed by atoms with E-state index in [9.17, 15) is 4.79 Å². The third kappa shape index (κ3) is 4.68. The van der Waals surface area contributed by atoms with Crippen molar-refractivity contribution in [3.63, 3.8) is 0 Å². The summed E-state index contributed by atoms with van der Waals surface area (Å²) >= 11 is 13.1. The van der Waals surface area contributed by atoms with Gasteiger partial charge in [-0.05, 0) is 42.5 Å². The molecule has 106 valence electrons. The Kier molecular flexibility index (Phi) is 5.51. The van der Waals surface area contributed by atoms with E-state index in [0.717, 1.165) is 4.90 Å². The highest BCUT2D eigenvalue weighted by atomic mass is 35.5. The highest BCUT2D eigenvalue weighted by Gasteiger charge is 2.08. The first-order valence-corrected chi connectivity index (χ1v) is 7.70. The Hall–Kier alpha value is -1.67. The summed E-state index contributed by atoms with van der Waals surface area (Å²) in [7, 11) is 0. The molecule has 2 rings (SSSR count). The van der Waals surface area contributed by atoms with E-state index in [0.29, 0.717) is 21.3 Å². The molecule has 2 aromatic rings. The minimum Gasteiger partial charge on any atom is -0.324 e. The predicted molar refractivity (Wildman–Crippen MR) is 87.0 cm³/mol. The fourth-order valence-electron chi connectivity index (χ4n) is 1.58. The summed E-state index contributed by atoms with van der Waals surface area (Å²) in [4.78, 5) is 12.9. The lowest BCUT2D eigenvalue weighted by Crippen LogP contribution is -2.14. The van der Waals surface area contributed by atoms with Crippen molar-refractivity contribution in [3.8, 4) is 6.07 Å². The molecule has 1 amide bonds. The lowest BCUT2D eigenvalue weighted by molar-refractivity contribution is -0.113. The molecule has 3 nitrogen and oxygen atoms in total. The zero-order chi connectivity index (χ0) is 15.2. The summed E-state index contributed by atoms with van der Waals surface area (Å²) in [5.74, 6) is 0.0349. The molecule has 0 saturated heterocycles. The van der Waals surface area contributed by atoms with Crippen LogP contribution in [0.15, 0.2) is 47.4 Å². The van der Waals surface area contributed by atoms with Crippen LogP contribution in [0.5, 0.6) is 0 Å². The Bertz CT molecular complexity index is 696. The second kappa shape index (κ2) is 7.37. The van der Waals surface area contributed by atoms with Gasteiger partial charge in [-0.1, -0.05) is 23.2 Å². The highest BCUT2D eigenvalue weighted by Crippen LogP contribution is 2.23. The van der Waals surface area contributed by atoms with Crippen molar-refractivity contribution in [3.05, 3.63) is 58.1 Å². The highest BCUT2D eigenvalue weighted by molar-refractivity contribution is 8.00. The number of carbonyl (C=O) groups excluding carboxylic acids is 1. The van der Waals surface area contributed by atoms with Crippen LogP contribution in [0.25, 0.3) is 0 Å². The molecule has 0 fully saturated rings. The zero-order valence-corrected chi connectivity index (χ0v) is 13.1. The molecule has 0 bridgehead atoms. The van der Waals surface area contributed by atoms with E-state index in [2.05, 4.69) is 5.32 Å². The number of amides is 1. The van der Waals surface area contributed by atoms with Crippen LogP contribution in [0.2, 0.25) is 10.0 Å². The third-order valence-electron chi connectivity index (χ3n) is 2.56. The number of anilines is 1. The Morgan fingerprint density at radius 2 is 1.81 bits per heavy atom. The number of nitriles is 1. The van der Waals surface area contributed by atoms with Gasteiger partial charge >= 0.3 is 0 Å². The van der Waals surface area contributed by atoms with Crippen LogP contribution < -0.4 is 5.32 Å². The van der Waals surface area contributed by atoms with Crippen LogP contribution in [-0.4, -0.2) is 11.7 Å². The molecule has 0 radical (unpaired) electrons. The molecular formula is C15H10Cl2N2OS. The number of nitrogens with zero attached hydrogens (tertiary/aromatic N) is 1. The van der Waals surface area contributed by atoms with E-state index < -0.39 is 0 Å². The number of carbonyl (C=O) groups is 1. The van der Waals surface area contributed by atoms with Gasteiger partial charge in [-0.3, -0.25) is 4.79 Å². The number of hydrogen-bond acceptors (Lipinski definition) is 3. The van der Waals surface area contributed by atoms with Crippen LogP contribution >= 0.6 is 35.0 Å². The van der Waals surface area contributed by atoms with Crippen LogP contribution in [0.4, 0.5) is 5.69 Å². The Morgan fingerprint density at radius 3 is 2.48 bits per heavy atom. The number of halogens is 2. The van der Waals surface area contributed by atoms with Gasteiger partial charge in [0.25, 0.3) is 0 Å². The average molecular weight is 337 g/mol. The fraction of sp³-hybridized carbons (Fsp3) is 0.0667. The summed E-state index contributed by atoms with van der Waals surface area (Å²) < 4.78 is 0. The third-order valence-corrected chi connectivity index (χ3v) is 4.06. The lowest BCUT2D eigenvalue weighted by atomic mass is 10.2. The van der Waals surface area contributed by atoms with Gasteiger partial charge in [-0.2, -0.15) is 5.26 Å². The second-order valence-electron chi connectivity index (χ2n) is 4.09. The molecule has 21 heavy (non-hydrogen) atoms.